The second-order valence-corrected chi connectivity index (χ2v) is 4.77. The Kier molecular flexibility index (Phi) is 3.23. The van der Waals surface area contributed by atoms with Crippen molar-refractivity contribution in [1.29, 1.82) is 5.41 Å². The van der Waals surface area contributed by atoms with Crippen LogP contribution in [-0.4, -0.2) is 32.8 Å². The van der Waals surface area contributed by atoms with Gasteiger partial charge in [-0.25, -0.2) is 15.0 Å². The van der Waals surface area contributed by atoms with Gasteiger partial charge in [-0.05, 0) is 11.6 Å². The number of aromatic amines is 1. The molecule has 0 bridgehead atoms. The van der Waals surface area contributed by atoms with Crippen LogP contribution in [-0.2, 0) is 6.54 Å². The molecule has 0 aliphatic rings. The summed E-state index contributed by atoms with van der Waals surface area (Å²) in [5, 5.41) is 7.50. The minimum Gasteiger partial charge on any atom is -0.384 e. The highest BCUT2D eigenvalue weighted by atomic mass is 15.2. The summed E-state index contributed by atoms with van der Waals surface area (Å²) in [6, 6.07) is 7.62. The first-order chi connectivity index (χ1) is 10.1. The van der Waals surface area contributed by atoms with Crippen molar-refractivity contribution in [2.24, 2.45) is 5.73 Å². The van der Waals surface area contributed by atoms with Crippen molar-refractivity contribution in [3.05, 3.63) is 48.0 Å². The van der Waals surface area contributed by atoms with Gasteiger partial charge in [0.2, 0.25) is 0 Å². The van der Waals surface area contributed by atoms with Crippen LogP contribution in [0, 0.1) is 5.41 Å². The maximum absolute atomic E-state index is 7.50. The van der Waals surface area contributed by atoms with E-state index in [1.165, 1.54) is 6.33 Å². The lowest BCUT2D eigenvalue weighted by molar-refractivity contribution is 0.898. The fourth-order valence-electron chi connectivity index (χ4n) is 2.23. The van der Waals surface area contributed by atoms with Crippen molar-refractivity contribution >= 4 is 22.8 Å². The summed E-state index contributed by atoms with van der Waals surface area (Å²) in [5.41, 5.74) is 8.74. The highest BCUT2D eigenvalue weighted by molar-refractivity contribution is 5.95. The third-order valence-corrected chi connectivity index (χ3v) is 3.22. The van der Waals surface area contributed by atoms with E-state index in [0.29, 0.717) is 12.2 Å². The van der Waals surface area contributed by atoms with Gasteiger partial charge in [0, 0.05) is 19.2 Å². The molecule has 106 valence electrons. The number of nitrogens with two attached hydrogens (primary N) is 1. The van der Waals surface area contributed by atoms with Crippen molar-refractivity contribution in [3.8, 4) is 0 Å². The molecule has 0 aliphatic heterocycles. The Hall–Kier alpha value is -2.96. The van der Waals surface area contributed by atoms with E-state index < -0.39 is 0 Å². The van der Waals surface area contributed by atoms with E-state index in [9.17, 15) is 0 Å². The second kappa shape index (κ2) is 5.20. The molecule has 0 radical (unpaired) electrons. The standard InChI is InChI=1S/C14H15N7/c1-21(6-9-3-2-4-10(5-9)12(15)16)14-11-13(18-7-17-11)19-8-20-14/h2-5,7-8H,6H2,1H3,(H3,15,16)(H,17,18,19,20). The molecular weight excluding hydrogens is 266 g/mol. The molecule has 0 spiro atoms. The first kappa shape index (κ1) is 13.0. The number of anilines is 1. The highest BCUT2D eigenvalue weighted by Crippen LogP contribution is 2.20. The van der Waals surface area contributed by atoms with Crippen molar-refractivity contribution in [2.75, 3.05) is 11.9 Å². The minimum absolute atomic E-state index is 0.0671. The van der Waals surface area contributed by atoms with Gasteiger partial charge in [0.25, 0.3) is 0 Å². The average Bonchev–Trinajstić information content (AvgIpc) is 2.95. The molecule has 0 fully saturated rings. The molecular formula is C14H15N7. The van der Waals surface area contributed by atoms with Gasteiger partial charge in [-0.1, -0.05) is 18.2 Å². The molecule has 2 heterocycles. The quantitative estimate of drug-likeness (QED) is 0.493. The molecule has 0 saturated carbocycles. The van der Waals surface area contributed by atoms with Crippen LogP contribution in [0.2, 0.25) is 0 Å². The topological polar surface area (TPSA) is 108 Å². The molecule has 0 unspecified atom stereocenters. The zero-order valence-electron chi connectivity index (χ0n) is 11.5. The maximum Gasteiger partial charge on any atom is 0.182 e. The first-order valence-corrected chi connectivity index (χ1v) is 6.43. The Bertz CT molecular complexity index is 793. The van der Waals surface area contributed by atoms with Crippen LogP contribution in [0.5, 0.6) is 0 Å². The largest absolute Gasteiger partial charge is 0.384 e. The number of fused-ring (bicyclic) bond motifs is 1. The number of nitrogens with zero attached hydrogens (tertiary/aromatic N) is 4. The second-order valence-electron chi connectivity index (χ2n) is 4.77. The molecule has 7 nitrogen and oxygen atoms in total. The smallest absolute Gasteiger partial charge is 0.182 e. The molecule has 7 heteroatoms. The van der Waals surface area contributed by atoms with Crippen LogP contribution in [0.15, 0.2) is 36.9 Å². The van der Waals surface area contributed by atoms with Crippen molar-refractivity contribution < 1.29 is 0 Å². The fourth-order valence-corrected chi connectivity index (χ4v) is 2.23. The number of aromatic nitrogens is 4. The van der Waals surface area contributed by atoms with Gasteiger partial charge in [0.05, 0.1) is 6.33 Å². The van der Waals surface area contributed by atoms with Crippen molar-refractivity contribution in [1.82, 2.24) is 19.9 Å². The van der Waals surface area contributed by atoms with Crippen LogP contribution in [0.3, 0.4) is 0 Å². The SMILES string of the molecule is CN(Cc1cccc(C(=N)N)c1)c1ncnc2nc[nH]c12. The van der Waals surface area contributed by atoms with Gasteiger partial charge in [-0.15, -0.1) is 0 Å². The molecule has 21 heavy (non-hydrogen) atoms. The Morgan fingerprint density at radius 1 is 1.33 bits per heavy atom. The fraction of sp³-hybridized carbons (Fsp3) is 0.143. The molecule has 3 rings (SSSR count). The lowest BCUT2D eigenvalue weighted by Gasteiger charge is -2.18. The Morgan fingerprint density at radius 2 is 2.19 bits per heavy atom. The normalized spacial score (nSPS) is 10.7. The third kappa shape index (κ3) is 2.53. The van der Waals surface area contributed by atoms with E-state index >= 15 is 0 Å². The molecule has 0 saturated heterocycles. The number of hydrogen-bond acceptors (Lipinski definition) is 5. The summed E-state index contributed by atoms with van der Waals surface area (Å²) in [7, 11) is 1.95. The van der Waals surface area contributed by atoms with Crippen LogP contribution in [0.4, 0.5) is 5.82 Å². The predicted octanol–water partition coefficient (Wildman–Crippen LogP) is 1.27. The van der Waals surface area contributed by atoms with E-state index in [1.54, 1.807) is 6.33 Å². The highest BCUT2D eigenvalue weighted by Gasteiger charge is 2.11. The summed E-state index contributed by atoms with van der Waals surface area (Å²) >= 11 is 0. The number of hydrogen-bond donors (Lipinski definition) is 3. The summed E-state index contributed by atoms with van der Waals surface area (Å²) in [6.07, 6.45) is 3.11. The Balaban J connectivity index is 1.89. The molecule has 1 aromatic carbocycles. The van der Waals surface area contributed by atoms with Crippen LogP contribution >= 0.6 is 0 Å². The summed E-state index contributed by atoms with van der Waals surface area (Å²) in [6.45, 7) is 0.645. The van der Waals surface area contributed by atoms with Gasteiger partial charge in [-0.2, -0.15) is 0 Å². The van der Waals surface area contributed by atoms with E-state index in [4.69, 9.17) is 11.1 Å². The molecule has 4 N–H and O–H groups in total. The molecule has 3 aromatic rings. The first-order valence-electron chi connectivity index (χ1n) is 6.43. The number of imidazole rings is 1. The number of benzene rings is 1. The molecule has 0 aliphatic carbocycles. The van der Waals surface area contributed by atoms with E-state index in [-0.39, 0.29) is 5.84 Å². The lowest BCUT2D eigenvalue weighted by atomic mass is 10.1. The minimum atomic E-state index is 0.0671. The number of nitrogens with one attached hydrogen (secondary N) is 2. The monoisotopic (exact) mass is 281 g/mol. The Labute approximate surface area is 121 Å². The van der Waals surface area contributed by atoms with Gasteiger partial charge in [0.1, 0.15) is 17.7 Å². The van der Waals surface area contributed by atoms with Crippen LogP contribution in [0.25, 0.3) is 11.2 Å². The Morgan fingerprint density at radius 3 is 3.00 bits per heavy atom. The van der Waals surface area contributed by atoms with Gasteiger partial charge >= 0.3 is 0 Å². The van der Waals surface area contributed by atoms with Gasteiger partial charge < -0.3 is 15.6 Å². The summed E-state index contributed by atoms with van der Waals surface area (Å²) in [4.78, 5) is 17.6. The van der Waals surface area contributed by atoms with Crippen LogP contribution in [0.1, 0.15) is 11.1 Å². The third-order valence-electron chi connectivity index (χ3n) is 3.22. The zero-order chi connectivity index (χ0) is 14.8. The zero-order valence-corrected chi connectivity index (χ0v) is 11.5. The average molecular weight is 281 g/mol. The number of amidine groups is 1. The number of H-pyrrole nitrogens is 1. The van der Waals surface area contributed by atoms with Gasteiger partial charge in [0.15, 0.2) is 11.5 Å². The van der Waals surface area contributed by atoms with Crippen LogP contribution < -0.4 is 10.6 Å². The summed E-state index contributed by atoms with van der Waals surface area (Å²) in [5.74, 6) is 0.850. The maximum atomic E-state index is 7.50. The van der Waals surface area contributed by atoms with E-state index in [1.807, 2.05) is 36.2 Å². The van der Waals surface area contributed by atoms with Crippen molar-refractivity contribution in [3.63, 3.8) is 0 Å². The number of nitrogen functional groups attached to an aromatic ring is 1. The lowest BCUT2D eigenvalue weighted by Crippen LogP contribution is -2.19. The number of rotatable bonds is 4. The molecule has 0 atom stereocenters. The predicted molar refractivity (Wildman–Crippen MR) is 81.2 cm³/mol. The van der Waals surface area contributed by atoms with Gasteiger partial charge in [-0.3, -0.25) is 5.41 Å². The van der Waals surface area contributed by atoms with E-state index in [0.717, 1.165) is 22.5 Å². The summed E-state index contributed by atoms with van der Waals surface area (Å²) < 4.78 is 0. The molecule has 0 amide bonds. The molecule has 2 aromatic heterocycles. The van der Waals surface area contributed by atoms with Crippen molar-refractivity contribution in [2.45, 2.75) is 6.54 Å². The van der Waals surface area contributed by atoms with E-state index in [2.05, 4.69) is 19.9 Å².